The number of hydrogen-bond acceptors (Lipinski definition) is 2. The first kappa shape index (κ1) is 10.7. The lowest BCUT2D eigenvalue weighted by Gasteiger charge is -2.08. The van der Waals surface area contributed by atoms with Crippen LogP contribution in [-0.4, -0.2) is 12.6 Å². The summed E-state index contributed by atoms with van der Waals surface area (Å²) in [6.45, 7) is 5.92. The van der Waals surface area contributed by atoms with Gasteiger partial charge in [0.15, 0.2) is 0 Å². The third-order valence-electron chi connectivity index (χ3n) is 1.33. The average Bonchev–Trinajstić information content (AvgIpc) is 2.02. The molecule has 0 aliphatic carbocycles. The highest BCUT2D eigenvalue weighted by Gasteiger charge is 2.15. The molecule has 0 N–H and O–H groups in total. The van der Waals surface area contributed by atoms with Crippen molar-refractivity contribution in [2.75, 3.05) is 6.61 Å². The first-order valence-corrected chi connectivity index (χ1v) is 4.41. The zero-order chi connectivity index (χ0) is 8.85. The molecule has 0 aromatic heterocycles. The van der Waals surface area contributed by atoms with Gasteiger partial charge in [0.25, 0.3) is 0 Å². The molecule has 0 bridgehead atoms. The minimum absolute atomic E-state index is 0.181. The lowest BCUT2D eigenvalue weighted by molar-refractivity contribution is -0.145. The van der Waals surface area contributed by atoms with E-state index in [0.29, 0.717) is 6.61 Å². The van der Waals surface area contributed by atoms with Crippen molar-refractivity contribution in [1.29, 1.82) is 0 Å². The Kier molecular flexibility index (Phi) is 5.20. The van der Waals surface area contributed by atoms with Crippen LogP contribution in [0, 0.1) is 5.92 Å². The number of halogens is 1. The molecule has 0 aliphatic rings. The predicted octanol–water partition coefficient (Wildman–Crippen LogP) is 2.48. The van der Waals surface area contributed by atoms with E-state index >= 15 is 0 Å². The number of carbonyl (C=O) groups excluding carboxylic acids is 1. The molecule has 0 amide bonds. The van der Waals surface area contributed by atoms with E-state index in [1.165, 1.54) is 0 Å². The van der Waals surface area contributed by atoms with Crippen molar-refractivity contribution in [2.24, 2.45) is 5.92 Å². The summed E-state index contributed by atoms with van der Waals surface area (Å²) in [6, 6.07) is 0. The second-order valence-corrected chi connectivity index (χ2v) is 3.06. The van der Waals surface area contributed by atoms with Gasteiger partial charge in [0.05, 0.1) is 12.5 Å². The summed E-state index contributed by atoms with van der Waals surface area (Å²) in [6.07, 6.45) is 1.85. The van der Waals surface area contributed by atoms with Crippen LogP contribution in [0.2, 0.25) is 0 Å². The molecular weight excluding hydrogens is 208 g/mol. The van der Waals surface area contributed by atoms with Crippen molar-refractivity contribution >= 4 is 21.9 Å². The van der Waals surface area contributed by atoms with E-state index in [1.807, 2.05) is 19.9 Å². The van der Waals surface area contributed by atoms with E-state index in [9.17, 15) is 4.79 Å². The van der Waals surface area contributed by atoms with Crippen LogP contribution < -0.4 is 0 Å². The topological polar surface area (TPSA) is 26.3 Å². The Hall–Kier alpha value is -0.310. The average molecular weight is 221 g/mol. The Morgan fingerprint density at radius 3 is 2.64 bits per heavy atom. The molecule has 11 heavy (non-hydrogen) atoms. The quantitative estimate of drug-likeness (QED) is 0.684. The SMILES string of the molecule is C/C=C(/Br)C(C)C(=O)OCC. The minimum atomic E-state index is -0.183. The molecular formula is C8H13BrO2. The van der Waals surface area contributed by atoms with E-state index in [0.717, 1.165) is 4.48 Å². The fourth-order valence-electron chi connectivity index (χ4n) is 0.630. The lowest BCUT2D eigenvalue weighted by Crippen LogP contribution is -2.14. The third-order valence-corrected chi connectivity index (χ3v) is 2.47. The Bertz CT molecular complexity index is 163. The van der Waals surface area contributed by atoms with Crippen LogP contribution in [0.5, 0.6) is 0 Å². The summed E-state index contributed by atoms with van der Waals surface area (Å²) >= 11 is 3.27. The van der Waals surface area contributed by atoms with Gasteiger partial charge in [-0.1, -0.05) is 22.0 Å². The van der Waals surface area contributed by atoms with Gasteiger partial charge in [-0.15, -0.1) is 0 Å². The normalized spacial score (nSPS) is 14.4. The maximum absolute atomic E-state index is 11.1. The fraction of sp³-hybridized carbons (Fsp3) is 0.625. The first-order chi connectivity index (χ1) is 5.13. The van der Waals surface area contributed by atoms with Crippen molar-refractivity contribution in [1.82, 2.24) is 0 Å². The number of allylic oxidation sites excluding steroid dienone is 1. The highest BCUT2D eigenvalue weighted by Crippen LogP contribution is 2.18. The van der Waals surface area contributed by atoms with Gasteiger partial charge in [-0.05, 0) is 20.8 Å². The number of rotatable bonds is 3. The minimum Gasteiger partial charge on any atom is -0.466 e. The summed E-state index contributed by atoms with van der Waals surface area (Å²) in [5.74, 6) is -0.363. The molecule has 0 spiro atoms. The van der Waals surface area contributed by atoms with E-state index in [2.05, 4.69) is 15.9 Å². The second kappa shape index (κ2) is 5.35. The molecule has 0 aromatic rings. The van der Waals surface area contributed by atoms with E-state index in [1.54, 1.807) is 6.92 Å². The summed E-state index contributed by atoms with van der Waals surface area (Å²) < 4.78 is 5.69. The molecule has 64 valence electrons. The van der Waals surface area contributed by atoms with Gasteiger partial charge in [-0.25, -0.2) is 0 Å². The van der Waals surface area contributed by atoms with Crippen molar-refractivity contribution < 1.29 is 9.53 Å². The molecule has 0 saturated carbocycles. The van der Waals surface area contributed by atoms with Gasteiger partial charge in [0.2, 0.25) is 0 Å². The number of ether oxygens (including phenoxy) is 1. The number of esters is 1. The van der Waals surface area contributed by atoms with Gasteiger partial charge < -0.3 is 4.74 Å². The lowest BCUT2D eigenvalue weighted by atomic mass is 10.2. The Morgan fingerprint density at radius 2 is 2.27 bits per heavy atom. The Morgan fingerprint density at radius 1 is 1.73 bits per heavy atom. The highest BCUT2D eigenvalue weighted by atomic mass is 79.9. The molecule has 0 heterocycles. The van der Waals surface area contributed by atoms with Crippen LogP contribution in [0.25, 0.3) is 0 Å². The number of carbonyl (C=O) groups is 1. The van der Waals surface area contributed by atoms with Crippen molar-refractivity contribution in [3.05, 3.63) is 10.6 Å². The molecule has 0 saturated heterocycles. The van der Waals surface area contributed by atoms with Gasteiger partial charge >= 0.3 is 5.97 Å². The fourth-order valence-corrected chi connectivity index (χ4v) is 0.817. The molecule has 0 fully saturated rings. The standard InChI is InChI=1S/C8H13BrO2/c1-4-7(9)6(3)8(10)11-5-2/h4,6H,5H2,1-3H3/b7-4+. The molecule has 1 unspecified atom stereocenters. The predicted molar refractivity (Wildman–Crippen MR) is 48.5 cm³/mol. The largest absolute Gasteiger partial charge is 0.466 e. The van der Waals surface area contributed by atoms with Gasteiger partial charge in [-0.3, -0.25) is 4.79 Å². The van der Waals surface area contributed by atoms with E-state index in [-0.39, 0.29) is 11.9 Å². The van der Waals surface area contributed by atoms with Gasteiger partial charge in [0.1, 0.15) is 0 Å². The van der Waals surface area contributed by atoms with Gasteiger partial charge in [0, 0.05) is 4.48 Å². The maximum atomic E-state index is 11.1. The van der Waals surface area contributed by atoms with E-state index < -0.39 is 0 Å². The zero-order valence-electron chi connectivity index (χ0n) is 7.06. The Balaban J connectivity index is 4.02. The molecule has 0 rings (SSSR count). The van der Waals surface area contributed by atoms with Crippen LogP contribution >= 0.6 is 15.9 Å². The van der Waals surface area contributed by atoms with Crippen LogP contribution in [0.15, 0.2) is 10.6 Å². The summed E-state index contributed by atoms with van der Waals surface area (Å²) in [4.78, 5) is 11.1. The van der Waals surface area contributed by atoms with Crippen LogP contribution in [0.4, 0.5) is 0 Å². The number of hydrogen-bond donors (Lipinski definition) is 0. The van der Waals surface area contributed by atoms with Crippen molar-refractivity contribution in [3.8, 4) is 0 Å². The Labute approximate surface area is 75.7 Å². The molecule has 0 radical (unpaired) electrons. The second-order valence-electron chi connectivity index (χ2n) is 2.15. The van der Waals surface area contributed by atoms with Crippen molar-refractivity contribution in [2.45, 2.75) is 20.8 Å². The van der Waals surface area contributed by atoms with Crippen LogP contribution in [0.3, 0.4) is 0 Å². The first-order valence-electron chi connectivity index (χ1n) is 3.61. The van der Waals surface area contributed by atoms with Crippen LogP contribution in [0.1, 0.15) is 20.8 Å². The zero-order valence-corrected chi connectivity index (χ0v) is 8.64. The third kappa shape index (κ3) is 3.56. The van der Waals surface area contributed by atoms with Crippen LogP contribution in [-0.2, 0) is 9.53 Å². The maximum Gasteiger partial charge on any atom is 0.313 e. The summed E-state index contributed by atoms with van der Waals surface area (Å²) in [5.41, 5.74) is 0. The van der Waals surface area contributed by atoms with E-state index in [4.69, 9.17) is 4.74 Å². The van der Waals surface area contributed by atoms with Gasteiger partial charge in [-0.2, -0.15) is 0 Å². The molecule has 0 aliphatic heterocycles. The summed E-state index contributed by atoms with van der Waals surface area (Å²) in [7, 11) is 0. The molecule has 3 heteroatoms. The highest BCUT2D eigenvalue weighted by molar-refractivity contribution is 9.11. The smallest absolute Gasteiger partial charge is 0.313 e. The van der Waals surface area contributed by atoms with Crippen molar-refractivity contribution in [3.63, 3.8) is 0 Å². The molecule has 1 atom stereocenters. The monoisotopic (exact) mass is 220 g/mol. The molecule has 0 aromatic carbocycles. The summed E-state index contributed by atoms with van der Waals surface area (Å²) in [5, 5.41) is 0. The molecule has 2 nitrogen and oxygen atoms in total.